The molecule has 19 heavy (non-hydrogen) atoms. The van der Waals surface area contributed by atoms with E-state index in [1.165, 1.54) is 24.3 Å². The first-order chi connectivity index (χ1) is 9.10. The van der Waals surface area contributed by atoms with Gasteiger partial charge in [-0.1, -0.05) is 45.7 Å². The zero-order valence-electron chi connectivity index (χ0n) is 10.0. The van der Waals surface area contributed by atoms with E-state index < -0.39 is 0 Å². The van der Waals surface area contributed by atoms with Gasteiger partial charge in [0, 0.05) is 10.4 Å². The highest BCUT2D eigenvalue weighted by Crippen LogP contribution is 2.27. The van der Waals surface area contributed by atoms with E-state index in [-0.39, 0.29) is 17.6 Å². The van der Waals surface area contributed by atoms with Crippen molar-refractivity contribution in [2.24, 2.45) is 0 Å². The van der Waals surface area contributed by atoms with Gasteiger partial charge in [0.25, 0.3) is 0 Å². The summed E-state index contributed by atoms with van der Waals surface area (Å²) in [5.74, 6) is -0.512. The molecule has 0 N–H and O–H groups in total. The van der Waals surface area contributed by atoms with Crippen molar-refractivity contribution in [2.45, 2.75) is 12.3 Å². The second kappa shape index (κ2) is 6.49. The molecule has 0 heterocycles. The molecule has 1 unspecified atom stereocenters. The highest BCUT2D eigenvalue weighted by molar-refractivity contribution is 9.09. The standard InChI is InChI=1S/C15H12BrClF2/c16-9-12(10-2-1-3-13(18)7-10)6-11-4-5-14(19)8-15(11)17/h1-5,7-8,12H,6,9H2. The smallest absolute Gasteiger partial charge is 0.124 e. The molecule has 0 aliphatic heterocycles. The average molecular weight is 346 g/mol. The fourth-order valence-corrected chi connectivity index (χ4v) is 2.82. The third-order valence-electron chi connectivity index (χ3n) is 2.99. The summed E-state index contributed by atoms with van der Waals surface area (Å²) < 4.78 is 26.2. The lowest BCUT2D eigenvalue weighted by Gasteiger charge is -2.15. The number of hydrogen-bond acceptors (Lipinski definition) is 0. The monoisotopic (exact) mass is 344 g/mol. The van der Waals surface area contributed by atoms with Crippen LogP contribution in [-0.4, -0.2) is 5.33 Å². The van der Waals surface area contributed by atoms with Gasteiger partial charge in [0.05, 0.1) is 0 Å². The van der Waals surface area contributed by atoms with Gasteiger partial charge < -0.3 is 0 Å². The topological polar surface area (TPSA) is 0 Å². The molecule has 0 amide bonds. The van der Waals surface area contributed by atoms with Crippen LogP contribution in [0.25, 0.3) is 0 Å². The lowest BCUT2D eigenvalue weighted by molar-refractivity contribution is 0.620. The number of benzene rings is 2. The second-order valence-electron chi connectivity index (χ2n) is 4.35. The zero-order valence-corrected chi connectivity index (χ0v) is 12.4. The normalized spacial score (nSPS) is 12.4. The number of rotatable bonds is 4. The molecule has 0 fully saturated rings. The van der Waals surface area contributed by atoms with Crippen LogP contribution in [0, 0.1) is 11.6 Å². The van der Waals surface area contributed by atoms with Crippen LogP contribution in [0.4, 0.5) is 8.78 Å². The van der Waals surface area contributed by atoms with Crippen molar-refractivity contribution in [3.8, 4) is 0 Å². The molecular formula is C15H12BrClF2. The van der Waals surface area contributed by atoms with Crippen molar-refractivity contribution in [3.05, 3.63) is 70.2 Å². The average Bonchev–Trinajstić information content (AvgIpc) is 2.38. The van der Waals surface area contributed by atoms with E-state index in [1.54, 1.807) is 12.1 Å². The predicted molar refractivity (Wildman–Crippen MR) is 78.0 cm³/mol. The van der Waals surface area contributed by atoms with Crippen LogP contribution in [0.1, 0.15) is 17.0 Å². The largest absolute Gasteiger partial charge is 0.207 e. The predicted octanol–water partition coefficient (Wildman–Crippen LogP) is 5.34. The molecule has 2 rings (SSSR count). The minimum absolute atomic E-state index is 0.0960. The molecule has 0 bridgehead atoms. The molecule has 100 valence electrons. The van der Waals surface area contributed by atoms with E-state index in [2.05, 4.69) is 15.9 Å². The van der Waals surface area contributed by atoms with Crippen LogP contribution in [0.5, 0.6) is 0 Å². The SMILES string of the molecule is Fc1cccc(C(CBr)Cc2ccc(F)cc2Cl)c1. The Morgan fingerprint density at radius 3 is 2.42 bits per heavy atom. The molecule has 2 aromatic rings. The molecule has 0 aromatic heterocycles. The van der Waals surface area contributed by atoms with Gasteiger partial charge >= 0.3 is 0 Å². The maximum absolute atomic E-state index is 13.2. The Morgan fingerprint density at radius 2 is 1.79 bits per heavy atom. The molecule has 0 aliphatic carbocycles. The summed E-state index contributed by atoms with van der Waals surface area (Å²) in [6.07, 6.45) is 0.633. The van der Waals surface area contributed by atoms with Crippen LogP contribution in [-0.2, 0) is 6.42 Å². The molecule has 0 saturated heterocycles. The van der Waals surface area contributed by atoms with Crippen LogP contribution >= 0.6 is 27.5 Å². The van der Waals surface area contributed by atoms with Gasteiger partial charge in [-0.25, -0.2) is 8.78 Å². The molecule has 1 atom stereocenters. The lowest BCUT2D eigenvalue weighted by atomic mass is 9.93. The molecule has 0 radical (unpaired) electrons. The first-order valence-corrected chi connectivity index (χ1v) is 7.35. The Hall–Kier alpha value is -0.930. The fourth-order valence-electron chi connectivity index (χ4n) is 1.97. The van der Waals surface area contributed by atoms with E-state index in [0.29, 0.717) is 16.8 Å². The molecule has 2 aromatic carbocycles. The Labute approximate surface area is 124 Å². The van der Waals surface area contributed by atoms with Crippen molar-refractivity contribution >= 4 is 27.5 Å². The zero-order chi connectivity index (χ0) is 13.8. The summed E-state index contributed by atoms with van der Waals surface area (Å²) >= 11 is 9.45. The molecule has 0 aliphatic rings. The van der Waals surface area contributed by atoms with Crippen LogP contribution in [0.15, 0.2) is 42.5 Å². The summed E-state index contributed by atoms with van der Waals surface area (Å²) in [7, 11) is 0. The molecule has 4 heteroatoms. The molecule has 0 saturated carbocycles. The van der Waals surface area contributed by atoms with Crippen LogP contribution in [0.3, 0.4) is 0 Å². The van der Waals surface area contributed by atoms with Gasteiger partial charge in [0.1, 0.15) is 11.6 Å². The van der Waals surface area contributed by atoms with Gasteiger partial charge in [-0.15, -0.1) is 0 Å². The summed E-state index contributed by atoms with van der Waals surface area (Å²) in [6, 6.07) is 10.9. The Morgan fingerprint density at radius 1 is 1.05 bits per heavy atom. The van der Waals surface area contributed by atoms with Crippen molar-refractivity contribution in [2.75, 3.05) is 5.33 Å². The third-order valence-corrected chi connectivity index (χ3v) is 4.12. The highest BCUT2D eigenvalue weighted by Gasteiger charge is 2.14. The number of halogens is 4. The van der Waals surface area contributed by atoms with Gasteiger partial charge in [0.2, 0.25) is 0 Å². The Balaban J connectivity index is 2.24. The summed E-state index contributed by atoms with van der Waals surface area (Å²) in [6.45, 7) is 0. The van der Waals surface area contributed by atoms with E-state index in [0.717, 1.165) is 11.1 Å². The number of alkyl halides is 1. The molecule has 0 spiro atoms. The quantitative estimate of drug-likeness (QED) is 0.656. The summed E-state index contributed by atoms with van der Waals surface area (Å²) in [4.78, 5) is 0. The Bertz CT molecular complexity index is 572. The van der Waals surface area contributed by atoms with Crippen molar-refractivity contribution in [1.29, 1.82) is 0 Å². The minimum atomic E-state index is -0.352. The first-order valence-electron chi connectivity index (χ1n) is 5.85. The maximum Gasteiger partial charge on any atom is 0.124 e. The Kier molecular flexibility index (Phi) is 4.94. The van der Waals surface area contributed by atoms with Gasteiger partial charge in [-0.05, 0) is 47.7 Å². The van der Waals surface area contributed by atoms with Gasteiger partial charge in [0.15, 0.2) is 0 Å². The first kappa shape index (κ1) is 14.5. The molecular weight excluding hydrogens is 334 g/mol. The van der Waals surface area contributed by atoms with Crippen LogP contribution < -0.4 is 0 Å². The lowest BCUT2D eigenvalue weighted by Crippen LogP contribution is -2.05. The van der Waals surface area contributed by atoms with Gasteiger partial charge in [-0.2, -0.15) is 0 Å². The molecule has 0 nitrogen and oxygen atoms in total. The summed E-state index contributed by atoms with van der Waals surface area (Å²) in [5.41, 5.74) is 1.76. The third kappa shape index (κ3) is 3.77. The highest BCUT2D eigenvalue weighted by atomic mass is 79.9. The second-order valence-corrected chi connectivity index (χ2v) is 5.40. The van der Waals surface area contributed by atoms with Gasteiger partial charge in [-0.3, -0.25) is 0 Å². The van der Waals surface area contributed by atoms with E-state index in [9.17, 15) is 8.78 Å². The van der Waals surface area contributed by atoms with Crippen molar-refractivity contribution in [1.82, 2.24) is 0 Å². The van der Waals surface area contributed by atoms with Crippen molar-refractivity contribution < 1.29 is 8.78 Å². The summed E-state index contributed by atoms with van der Waals surface area (Å²) in [5, 5.41) is 1.09. The van der Waals surface area contributed by atoms with E-state index >= 15 is 0 Å². The fraction of sp³-hybridized carbons (Fsp3) is 0.200. The van der Waals surface area contributed by atoms with E-state index in [4.69, 9.17) is 11.6 Å². The van der Waals surface area contributed by atoms with Crippen molar-refractivity contribution in [3.63, 3.8) is 0 Å². The van der Waals surface area contributed by atoms with Crippen LogP contribution in [0.2, 0.25) is 5.02 Å². The van der Waals surface area contributed by atoms with E-state index in [1.807, 2.05) is 6.07 Å². The number of hydrogen-bond donors (Lipinski definition) is 0. The minimum Gasteiger partial charge on any atom is -0.207 e. The maximum atomic E-state index is 13.2.